The van der Waals surface area contributed by atoms with E-state index < -0.39 is 0 Å². The van der Waals surface area contributed by atoms with Gasteiger partial charge in [0.2, 0.25) is 5.89 Å². The molecule has 1 amide bonds. The molecule has 0 saturated carbocycles. The first-order valence-electron chi connectivity index (χ1n) is 8.36. The van der Waals surface area contributed by atoms with E-state index >= 15 is 0 Å². The molecule has 0 saturated heterocycles. The van der Waals surface area contributed by atoms with Crippen LogP contribution in [0.1, 0.15) is 24.2 Å². The van der Waals surface area contributed by atoms with Gasteiger partial charge in [0.15, 0.2) is 0 Å². The number of nitrogens with zero attached hydrogens (tertiary/aromatic N) is 3. The van der Waals surface area contributed by atoms with E-state index in [1.165, 1.54) is 24.3 Å². The number of aromatic nitrogens is 2. The molecule has 7 heteroatoms. The van der Waals surface area contributed by atoms with Gasteiger partial charge in [0.25, 0.3) is 5.91 Å². The lowest BCUT2D eigenvalue weighted by Gasteiger charge is -2.20. The fourth-order valence-electron chi connectivity index (χ4n) is 2.56. The second-order valence-corrected chi connectivity index (χ2v) is 5.59. The average molecular weight is 354 g/mol. The lowest BCUT2D eigenvalue weighted by atomic mass is 10.2. The third kappa shape index (κ3) is 3.88. The summed E-state index contributed by atoms with van der Waals surface area (Å²) in [5.41, 5.74) is 2.12. The highest BCUT2D eigenvalue weighted by atomic mass is 19.1. The van der Waals surface area contributed by atoms with Crippen LogP contribution in [0, 0.1) is 5.82 Å². The Hall–Kier alpha value is -3.22. The van der Waals surface area contributed by atoms with Crippen LogP contribution < -0.4 is 10.2 Å². The maximum atomic E-state index is 13.0. The molecule has 1 heterocycles. The maximum absolute atomic E-state index is 13.0. The number of hydrogen-bond acceptors (Lipinski definition) is 5. The minimum Gasteiger partial charge on any atom is -0.403 e. The van der Waals surface area contributed by atoms with Crippen molar-refractivity contribution >= 4 is 17.6 Å². The summed E-state index contributed by atoms with van der Waals surface area (Å²) >= 11 is 0. The van der Waals surface area contributed by atoms with Crippen molar-refractivity contribution in [1.29, 1.82) is 0 Å². The number of amides is 1. The van der Waals surface area contributed by atoms with Gasteiger partial charge in [0, 0.05) is 29.9 Å². The zero-order valence-electron chi connectivity index (χ0n) is 14.6. The molecule has 0 atom stereocenters. The first-order chi connectivity index (χ1) is 12.6. The Kier molecular flexibility index (Phi) is 5.26. The van der Waals surface area contributed by atoms with Gasteiger partial charge in [-0.05, 0) is 62.4 Å². The van der Waals surface area contributed by atoms with E-state index in [0.29, 0.717) is 11.1 Å². The normalized spacial score (nSPS) is 10.6. The van der Waals surface area contributed by atoms with E-state index in [1.807, 2.05) is 12.1 Å². The molecular weight excluding hydrogens is 335 g/mol. The number of halogens is 1. The molecule has 0 aliphatic rings. The van der Waals surface area contributed by atoms with Crippen molar-refractivity contribution in [3.8, 4) is 11.5 Å². The minimum absolute atomic E-state index is 0.0119. The minimum atomic E-state index is -0.352. The van der Waals surface area contributed by atoms with Crippen LogP contribution in [0.2, 0.25) is 0 Å². The summed E-state index contributed by atoms with van der Waals surface area (Å²) in [5.74, 6) is -0.488. The molecule has 0 fully saturated rings. The number of benzene rings is 2. The predicted octanol–water partition coefficient (Wildman–Crippen LogP) is 3.97. The molecule has 0 spiro atoms. The number of hydrogen-bond donors (Lipinski definition) is 1. The topological polar surface area (TPSA) is 71.3 Å². The molecule has 0 radical (unpaired) electrons. The molecule has 0 unspecified atom stereocenters. The first kappa shape index (κ1) is 17.6. The van der Waals surface area contributed by atoms with Crippen molar-refractivity contribution in [2.45, 2.75) is 13.8 Å². The van der Waals surface area contributed by atoms with Crippen molar-refractivity contribution in [3.63, 3.8) is 0 Å². The van der Waals surface area contributed by atoms with E-state index in [-0.39, 0.29) is 23.6 Å². The quantitative estimate of drug-likeness (QED) is 0.725. The molecule has 0 aliphatic carbocycles. The summed E-state index contributed by atoms with van der Waals surface area (Å²) in [5, 5.41) is 10.2. The van der Waals surface area contributed by atoms with Crippen LogP contribution in [0.15, 0.2) is 52.9 Å². The number of nitrogens with one attached hydrogen (secondary N) is 1. The van der Waals surface area contributed by atoms with E-state index in [4.69, 9.17) is 4.42 Å². The van der Waals surface area contributed by atoms with Crippen LogP contribution in [-0.2, 0) is 0 Å². The van der Waals surface area contributed by atoms with Gasteiger partial charge < -0.3 is 9.32 Å². The number of rotatable bonds is 6. The van der Waals surface area contributed by atoms with Gasteiger partial charge in [-0.2, -0.15) is 0 Å². The third-order valence-electron chi connectivity index (χ3n) is 3.99. The van der Waals surface area contributed by atoms with Gasteiger partial charge >= 0.3 is 6.01 Å². The molecular formula is C19H19FN4O2. The summed E-state index contributed by atoms with van der Waals surface area (Å²) in [7, 11) is 0. The van der Waals surface area contributed by atoms with Gasteiger partial charge in [-0.15, -0.1) is 5.10 Å². The second-order valence-electron chi connectivity index (χ2n) is 5.59. The van der Waals surface area contributed by atoms with E-state index in [1.54, 1.807) is 12.1 Å². The summed E-state index contributed by atoms with van der Waals surface area (Å²) in [4.78, 5) is 14.5. The van der Waals surface area contributed by atoms with Crippen molar-refractivity contribution in [2.75, 3.05) is 23.3 Å². The Labute approximate surface area is 150 Å². The smallest absolute Gasteiger partial charge is 0.322 e. The highest BCUT2D eigenvalue weighted by Gasteiger charge is 2.13. The van der Waals surface area contributed by atoms with Crippen molar-refractivity contribution < 1.29 is 13.6 Å². The largest absolute Gasteiger partial charge is 0.403 e. The summed E-state index contributed by atoms with van der Waals surface area (Å²) < 4.78 is 18.4. The van der Waals surface area contributed by atoms with E-state index in [9.17, 15) is 9.18 Å². The summed E-state index contributed by atoms with van der Waals surface area (Å²) in [6, 6.07) is 13.0. The monoisotopic (exact) mass is 354 g/mol. The zero-order chi connectivity index (χ0) is 18.5. The molecule has 26 heavy (non-hydrogen) atoms. The molecule has 3 aromatic rings. The third-order valence-corrected chi connectivity index (χ3v) is 3.99. The number of carbonyl (C=O) groups excluding carboxylic acids is 1. The molecule has 0 bridgehead atoms. The van der Waals surface area contributed by atoms with Crippen LogP contribution in [0.5, 0.6) is 0 Å². The fraction of sp³-hybridized carbons (Fsp3) is 0.211. The van der Waals surface area contributed by atoms with Gasteiger partial charge in [-0.1, -0.05) is 5.10 Å². The molecule has 6 nitrogen and oxygen atoms in total. The van der Waals surface area contributed by atoms with Crippen LogP contribution in [-0.4, -0.2) is 29.2 Å². The molecule has 1 N–H and O–H groups in total. The van der Waals surface area contributed by atoms with Crippen LogP contribution >= 0.6 is 0 Å². The van der Waals surface area contributed by atoms with Crippen LogP contribution in [0.4, 0.5) is 16.1 Å². The highest BCUT2D eigenvalue weighted by Crippen LogP contribution is 2.21. The molecule has 2 aromatic carbocycles. The SMILES string of the molecule is CCN(CC)c1ccc(C(=O)Nc2nnc(-c3ccc(F)cc3)o2)cc1. The van der Waals surface area contributed by atoms with Gasteiger partial charge in [0.1, 0.15) is 5.82 Å². The Morgan fingerprint density at radius 3 is 2.31 bits per heavy atom. The van der Waals surface area contributed by atoms with Gasteiger partial charge in [0.05, 0.1) is 0 Å². The van der Waals surface area contributed by atoms with Crippen molar-refractivity contribution in [2.24, 2.45) is 0 Å². The fourth-order valence-corrected chi connectivity index (χ4v) is 2.56. The number of carbonyl (C=O) groups is 1. The Bertz CT molecular complexity index is 871. The summed E-state index contributed by atoms with van der Waals surface area (Å²) in [6.07, 6.45) is 0. The Morgan fingerprint density at radius 1 is 1.04 bits per heavy atom. The highest BCUT2D eigenvalue weighted by molar-refractivity contribution is 6.03. The average Bonchev–Trinajstić information content (AvgIpc) is 3.12. The van der Waals surface area contributed by atoms with Crippen LogP contribution in [0.3, 0.4) is 0 Å². The predicted molar refractivity (Wildman–Crippen MR) is 97.6 cm³/mol. The zero-order valence-corrected chi connectivity index (χ0v) is 14.6. The lowest BCUT2D eigenvalue weighted by Crippen LogP contribution is -2.21. The van der Waals surface area contributed by atoms with Crippen molar-refractivity contribution in [1.82, 2.24) is 10.2 Å². The van der Waals surface area contributed by atoms with E-state index in [0.717, 1.165) is 18.8 Å². The summed E-state index contributed by atoms with van der Waals surface area (Å²) in [6.45, 7) is 5.96. The molecule has 0 aliphatic heterocycles. The Morgan fingerprint density at radius 2 is 1.69 bits per heavy atom. The van der Waals surface area contributed by atoms with E-state index in [2.05, 4.69) is 34.3 Å². The number of anilines is 2. The maximum Gasteiger partial charge on any atom is 0.322 e. The first-order valence-corrected chi connectivity index (χ1v) is 8.36. The molecule has 134 valence electrons. The molecule has 3 rings (SSSR count). The standard InChI is InChI=1S/C19H19FN4O2/c1-3-24(4-2)16-11-7-13(8-12-16)17(25)21-19-23-22-18(26-19)14-5-9-15(20)10-6-14/h5-12H,3-4H2,1-2H3,(H,21,23,25). The van der Waals surface area contributed by atoms with Gasteiger partial charge in [-0.3, -0.25) is 10.1 Å². The van der Waals surface area contributed by atoms with Crippen LogP contribution in [0.25, 0.3) is 11.5 Å². The lowest BCUT2D eigenvalue weighted by molar-refractivity contribution is 0.102. The second kappa shape index (κ2) is 7.77. The molecule has 1 aromatic heterocycles. The van der Waals surface area contributed by atoms with Crippen molar-refractivity contribution in [3.05, 3.63) is 59.9 Å². The Balaban J connectivity index is 1.69. The van der Waals surface area contributed by atoms with Gasteiger partial charge in [-0.25, -0.2) is 4.39 Å².